The van der Waals surface area contributed by atoms with Crippen LogP contribution in [0.2, 0.25) is 0 Å². The molecule has 2 rings (SSSR count). The topological polar surface area (TPSA) is 59.3 Å². The van der Waals surface area contributed by atoms with Gasteiger partial charge in [0.05, 0.1) is 17.3 Å². The highest BCUT2D eigenvalue weighted by molar-refractivity contribution is 5.58. The standard InChI is InChI=1S/C14H17N3O/c1-17-8-2-3-12(17)6-7-16-13-5-4-11(10-15)9-14(13)18/h2,4-5,8-9,12,16,18H,3,6-7H2,1H3. The number of anilines is 1. The smallest absolute Gasteiger partial charge is 0.139 e. The number of nitriles is 1. The second-order valence-electron chi connectivity index (χ2n) is 4.50. The predicted octanol–water partition coefficient (Wildman–Crippen LogP) is 2.28. The summed E-state index contributed by atoms with van der Waals surface area (Å²) in [5, 5.41) is 21.6. The van der Waals surface area contributed by atoms with Gasteiger partial charge in [-0.3, -0.25) is 0 Å². The molecule has 1 atom stereocenters. The van der Waals surface area contributed by atoms with E-state index in [1.807, 2.05) is 6.07 Å². The molecule has 4 nitrogen and oxygen atoms in total. The molecule has 18 heavy (non-hydrogen) atoms. The number of benzene rings is 1. The normalized spacial score (nSPS) is 17.8. The van der Waals surface area contributed by atoms with Crippen LogP contribution < -0.4 is 5.32 Å². The summed E-state index contributed by atoms with van der Waals surface area (Å²) in [5.41, 5.74) is 1.15. The second-order valence-corrected chi connectivity index (χ2v) is 4.50. The van der Waals surface area contributed by atoms with E-state index in [2.05, 4.69) is 29.5 Å². The lowest BCUT2D eigenvalue weighted by Crippen LogP contribution is -2.25. The van der Waals surface area contributed by atoms with Gasteiger partial charge in [-0.25, -0.2) is 0 Å². The van der Waals surface area contributed by atoms with E-state index in [4.69, 9.17) is 5.26 Å². The highest BCUT2D eigenvalue weighted by atomic mass is 16.3. The monoisotopic (exact) mass is 243 g/mol. The minimum atomic E-state index is 0.131. The van der Waals surface area contributed by atoms with Gasteiger partial charge >= 0.3 is 0 Å². The molecule has 0 aliphatic carbocycles. The van der Waals surface area contributed by atoms with Gasteiger partial charge in [-0.15, -0.1) is 0 Å². The molecule has 4 heteroatoms. The predicted molar refractivity (Wildman–Crippen MR) is 71.2 cm³/mol. The molecule has 1 aliphatic rings. The molecule has 2 N–H and O–H groups in total. The quantitative estimate of drug-likeness (QED) is 0.796. The van der Waals surface area contributed by atoms with Crippen molar-refractivity contribution in [1.29, 1.82) is 5.26 Å². The van der Waals surface area contributed by atoms with Crippen LogP contribution in [0.4, 0.5) is 5.69 Å². The van der Waals surface area contributed by atoms with Gasteiger partial charge in [0.15, 0.2) is 0 Å². The van der Waals surface area contributed by atoms with Gasteiger partial charge in [-0.2, -0.15) is 5.26 Å². The lowest BCUT2D eigenvalue weighted by Gasteiger charge is -2.21. The van der Waals surface area contributed by atoms with Crippen molar-refractivity contribution in [2.75, 3.05) is 18.9 Å². The number of nitrogens with one attached hydrogen (secondary N) is 1. The van der Waals surface area contributed by atoms with E-state index in [1.165, 1.54) is 6.07 Å². The molecule has 0 fully saturated rings. The Kier molecular flexibility index (Phi) is 3.73. The Morgan fingerprint density at radius 1 is 1.56 bits per heavy atom. The van der Waals surface area contributed by atoms with Crippen LogP contribution in [0.15, 0.2) is 30.5 Å². The van der Waals surface area contributed by atoms with Crippen LogP contribution in [0, 0.1) is 11.3 Å². The Balaban J connectivity index is 1.85. The number of hydrogen-bond donors (Lipinski definition) is 2. The fraction of sp³-hybridized carbons (Fsp3) is 0.357. The first-order chi connectivity index (χ1) is 8.70. The number of hydrogen-bond acceptors (Lipinski definition) is 4. The maximum absolute atomic E-state index is 9.73. The Morgan fingerprint density at radius 3 is 3.00 bits per heavy atom. The summed E-state index contributed by atoms with van der Waals surface area (Å²) in [6.07, 6.45) is 6.37. The molecular weight excluding hydrogens is 226 g/mol. The molecule has 0 bridgehead atoms. The zero-order valence-corrected chi connectivity index (χ0v) is 10.4. The van der Waals surface area contributed by atoms with E-state index >= 15 is 0 Å². The van der Waals surface area contributed by atoms with Gasteiger partial charge in [-0.05, 0) is 37.2 Å². The van der Waals surface area contributed by atoms with Crippen LogP contribution >= 0.6 is 0 Å². The molecule has 1 aromatic rings. The zero-order chi connectivity index (χ0) is 13.0. The summed E-state index contributed by atoms with van der Waals surface area (Å²) in [5.74, 6) is 0.131. The SMILES string of the molecule is CN1C=CCC1CCNc1ccc(C#N)cc1O. The van der Waals surface area contributed by atoms with Gasteiger partial charge in [0.1, 0.15) is 5.75 Å². The van der Waals surface area contributed by atoms with Crippen molar-refractivity contribution in [2.24, 2.45) is 0 Å². The van der Waals surface area contributed by atoms with Crippen LogP contribution in [0.3, 0.4) is 0 Å². The molecule has 0 spiro atoms. The van der Waals surface area contributed by atoms with Crippen LogP contribution in [0.25, 0.3) is 0 Å². The van der Waals surface area contributed by atoms with E-state index in [9.17, 15) is 5.11 Å². The molecule has 1 aromatic carbocycles. The molecule has 1 unspecified atom stereocenters. The number of rotatable bonds is 4. The minimum absolute atomic E-state index is 0.131. The molecule has 0 amide bonds. The first kappa shape index (κ1) is 12.3. The van der Waals surface area contributed by atoms with Gasteiger partial charge in [0.2, 0.25) is 0 Å². The van der Waals surface area contributed by atoms with E-state index in [-0.39, 0.29) is 5.75 Å². The average molecular weight is 243 g/mol. The molecule has 1 aliphatic heterocycles. The van der Waals surface area contributed by atoms with Crippen molar-refractivity contribution in [3.05, 3.63) is 36.0 Å². The van der Waals surface area contributed by atoms with Crippen LogP contribution in [0.1, 0.15) is 18.4 Å². The fourth-order valence-electron chi connectivity index (χ4n) is 2.12. The second kappa shape index (κ2) is 5.46. The molecule has 0 aromatic heterocycles. The highest BCUT2D eigenvalue weighted by Gasteiger charge is 2.14. The van der Waals surface area contributed by atoms with Gasteiger partial charge in [-0.1, -0.05) is 6.08 Å². The van der Waals surface area contributed by atoms with E-state index in [1.54, 1.807) is 12.1 Å². The third-order valence-corrected chi connectivity index (χ3v) is 3.24. The summed E-state index contributed by atoms with van der Waals surface area (Å²) >= 11 is 0. The molecule has 0 radical (unpaired) electrons. The Bertz CT molecular complexity index is 490. The summed E-state index contributed by atoms with van der Waals surface area (Å²) in [4.78, 5) is 2.21. The first-order valence-electron chi connectivity index (χ1n) is 6.06. The Hall–Kier alpha value is -2.15. The molecule has 1 heterocycles. The molecule has 0 saturated carbocycles. The summed E-state index contributed by atoms with van der Waals surface area (Å²) in [6, 6.07) is 7.46. The molecule has 0 saturated heterocycles. The first-order valence-corrected chi connectivity index (χ1v) is 6.06. The van der Waals surface area contributed by atoms with Crippen molar-refractivity contribution in [2.45, 2.75) is 18.9 Å². The van der Waals surface area contributed by atoms with Crippen LogP contribution in [0.5, 0.6) is 5.75 Å². The van der Waals surface area contributed by atoms with Crippen molar-refractivity contribution in [3.63, 3.8) is 0 Å². The maximum Gasteiger partial charge on any atom is 0.139 e. The number of aromatic hydroxyl groups is 1. The summed E-state index contributed by atoms with van der Waals surface area (Å²) in [6.45, 7) is 0.802. The largest absolute Gasteiger partial charge is 0.506 e. The lowest BCUT2D eigenvalue weighted by atomic mass is 10.1. The van der Waals surface area contributed by atoms with Crippen molar-refractivity contribution < 1.29 is 5.11 Å². The van der Waals surface area contributed by atoms with E-state index in [0.717, 1.165) is 19.4 Å². The number of phenols is 1. The van der Waals surface area contributed by atoms with Crippen LogP contribution in [-0.2, 0) is 0 Å². The fourth-order valence-corrected chi connectivity index (χ4v) is 2.12. The number of phenolic OH excluding ortho intramolecular Hbond substituents is 1. The third kappa shape index (κ3) is 2.75. The van der Waals surface area contributed by atoms with Crippen molar-refractivity contribution in [3.8, 4) is 11.8 Å². The lowest BCUT2D eigenvalue weighted by molar-refractivity contribution is 0.345. The third-order valence-electron chi connectivity index (χ3n) is 3.24. The minimum Gasteiger partial charge on any atom is -0.506 e. The Labute approximate surface area is 107 Å². The summed E-state index contributed by atoms with van der Waals surface area (Å²) < 4.78 is 0. The summed E-state index contributed by atoms with van der Waals surface area (Å²) in [7, 11) is 2.08. The van der Waals surface area contributed by atoms with Crippen molar-refractivity contribution in [1.82, 2.24) is 4.90 Å². The molecule has 94 valence electrons. The van der Waals surface area contributed by atoms with Crippen LogP contribution in [-0.4, -0.2) is 29.6 Å². The van der Waals surface area contributed by atoms with Crippen molar-refractivity contribution >= 4 is 5.69 Å². The zero-order valence-electron chi connectivity index (χ0n) is 10.4. The number of nitrogens with zero attached hydrogens (tertiary/aromatic N) is 2. The van der Waals surface area contributed by atoms with E-state index in [0.29, 0.717) is 17.3 Å². The van der Waals surface area contributed by atoms with Gasteiger partial charge in [0.25, 0.3) is 0 Å². The van der Waals surface area contributed by atoms with E-state index < -0.39 is 0 Å². The average Bonchev–Trinajstić information content (AvgIpc) is 2.77. The molecular formula is C14H17N3O. The van der Waals surface area contributed by atoms with Gasteiger partial charge < -0.3 is 15.3 Å². The highest BCUT2D eigenvalue weighted by Crippen LogP contribution is 2.24. The maximum atomic E-state index is 9.73. The van der Waals surface area contributed by atoms with Gasteiger partial charge in [0, 0.05) is 19.6 Å². The Morgan fingerprint density at radius 2 is 2.39 bits per heavy atom.